The van der Waals surface area contributed by atoms with Gasteiger partial charge < -0.3 is 41.9 Å². The summed E-state index contributed by atoms with van der Waals surface area (Å²) in [5, 5.41) is 3.34. The molecule has 0 unspecified atom stereocenters. The molecule has 490 valence electrons. The van der Waals surface area contributed by atoms with Crippen molar-refractivity contribution < 1.29 is 63.8 Å². The summed E-state index contributed by atoms with van der Waals surface area (Å²) in [6, 6.07) is 29.5. The van der Waals surface area contributed by atoms with Crippen molar-refractivity contribution in [2.24, 2.45) is 0 Å². The van der Waals surface area contributed by atoms with Gasteiger partial charge in [-0.2, -0.15) is 17.6 Å². The standard InChI is InChI=1S/C36H36F2N4O5.C35H34F2N4O5.CH4/c1-20-23(24-9-6-11-26(21(24)2)34-40-28-19-41(3)15-13-30(28)45-34)8-5-10-25(20)33-39-27-16-22(31(47-36(37)38)17-32(27)46-33)18-42-14-7-12-29(42)35(43)44-4;1-19-22(23-8-5-10-25(20(23)2)33-40-27-17-38-13-12-29(27)44-33)7-4-9-24(19)32-39-26-15-21(30(46-35(36)37)16-31(26)45-32)18-41-14-6-11-28(41)34(42)43-3;/h5-6,8-11,16-17,29,36H,7,12-15,18-19H2,1-4H3;4-5,7-10,15-16,28,35,38H,6,11-14,17-18H2,1-3H3;1H4/t29-;28-;/m00./s1. The lowest BCUT2D eigenvalue weighted by molar-refractivity contribution is -0.146. The van der Waals surface area contributed by atoms with E-state index in [0.717, 1.165) is 135 Å². The summed E-state index contributed by atoms with van der Waals surface area (Å²) in [7, 11) is 4.78. The molecule has 0 aliphatic carbocycles. The van der Waals surface area contributed by atoms with Crippen molar-refractivity contribution >= 4 is 34.1 Å². The Kier molecular flexibility index (Phi) is 18.9. The molecule has 0 bridgehead atoms. The Labute approximate surface area is 541 Å². The van der Waals surface area contributed by atoms with Crippen molar-refractivity contribution in [3.8, 4) is 79.6 Å². The van der Waals surface area contributed by atoms with Gasteiger partial charge in [0, 0.05) is 97.6 Å². The van der Waals surface area contributed by atoms with Crippen LogP contribution in [0.2, 0.25) is 0 Å². The molecular formula is C72H74F4N8O10. The average molecular weight is 1290 g/mol. The van der Waals surface area contributed by atoms with Gasteiger partial charge in [-0.05, 0) is 154 Å². The number of benzene rings is 6. The number of hydrogen-bond donors (Lipinski definition) is 1. The van der Waals surface area contributed by atoms with E-state index in [9.17, 15) is 27.2 Å². The molecule has 6 aromatic carbocycles. The number of nitrogens with zero attached hydrogens (tertiary/aromatic N) is 7. The van der Waals surface area contributed by atoms with E-state index >= 15 is 0 Å². The first-order valence-electron chi connectivity index (χ1n) is 31.2. The molecule has 1 N–H and O–H groups in total. The highest BCUT2D eigenvalue weighted by Gasteiger charge is 2.35. The molecule has 2 saturated heterocycles. The van der Waals surface area contributed by atoms with Crippen LogP contribution in [-0.2, 0) is 58.1 Å². The van der Waals surface area contributed by atoms with Crippen LogP contribution < -0.4 is 14.8 Å². The SMILES string of the molecule is C.COC(=O)[C@@H]1CCCN1Cc1cc2nc(-c3cccc(-c4cccc(-c5nc6c(o5)CCN(C)C6)c4C)c3C)oc2cc1OC(F)F.COC(=O)[C@@H]1CCCN1Cc1cc2nc(-c3cccc(-c4cccc(-c5nc6c(o5)CCNC6)c4C)c3C)oc2cc1OC(F)F. The van der Waals surface area contributed by atoms with Crippen LogP contribution in [0, 0.1) is 27.7 Å². The lowest BCUT2D eigenvalue weighted by Crippen LogP contribution is -2.36. The number of likely N-dealkylation sites (tertiary alicyclic amines) is 2. The Bertz CT molecular complexity index is 4440. The number of rotatable bonds is 16. The number of hydrogen-bond acceptors (Lipinski definition) is 18. The number of likely N-dealkylation sites (N-methyl/N-ethyl adjacent to an activating group) is 1. The van der Waals surface area contributed by atoms with Crippen LogP contribution in [0.1, 0.15) is 89.4 Å². The van der Waals surface area contributed by atoms with Crippen molar-refractivity contribution in [3.05, 3.63) is 153 Å². The number of ether oxygens (including phenoxy) is 4. The van der Waals surface area contributed by atoms with Gasteiger partial charge >= 0.3 is 25.2 Å². The number of fused-ring (bicyclic) bond motifs is 4. The molecule has 14 rings (SSSR count). The molecule has 0 amide bonds. The maximum absolute atomic E-state index is 13.5. The van der Waals surface area contributed by atoms with Gasteiger partial charge in [0.15, 0.2) is 11.2 Å². The molecule has 4 aliphatic heterocycles. The highest BCUT2D eigenvalue weighted by Crippen LogP contribution is 2.42. The molecule has 94 heavy (non-hydrogen) atoms. The molecule has 4 aromatic heterocycles. The number of esters is 2. The normalized spacial score (nSPS) is 16.7. The molecule has 0 spiro atoms. The van der Waals surface area contributed by atoms with Crippen molar-refractivity contribution in [1.29, 1.82) is 0 Å². The number of aromatic nitrogens is 4. The lowest BCUT2D eigenvalue weighted by atomic mass is 9.91. The third kappa shape index (κ3) is 12.9. The number of methoxy groups -OCH3 is 2. The molecule has 2 fully saturated rings. The van der Waals surface area contributed by atoms with Gasteiger partial charge in [-0.1, -0.05) is 56.0 Å². The summed E-state index contributed by atoms with van der Waals surface area (Å²) in [4.78, 5) is 49.9. The fraction of sp³-hybridized carbons (Fsp3) is 0.361. The number of carbonyl (C=O) groups excluding carboxylic acids is 2. The minimum absolute atomic E-state index is 0. The number of carbonyl (C=O) groups is 2. The zero-order valence-corrected chi connectivity index (χ0v) is 52.7. The molecule has 22 heteroatoms. The van der Waals surface area contributed by atoms with Crippen LogP contribution in [0.3, 0.4) is 0 Å². The van der Waals surface area contributed by atoms with Gasteiger partial charge in [0.2, 0.25) is 23.6 Å². The van der Waals surface area contributed by atoms with Crippen LogP contribution in [0.15, 0.2) is 115 Å². The van der Waals surface area contributed by atoms with E-state index in [2.05, 4.69) is 55.4 Å². The summed E-state index contributed by atoms with van der Waals surface area (Å²) >= 11 is 0. The summed E-state index contributed by atoms with van der Waals surface area (Å²) in [6.45, 7) is 7.14. The third-order valence-electron chi connectivity index (χ3n) is 18.3. The zero-order valence-electron chi connectivity index (χ0n) is 52.7. The number of nitrogens with one attached hydrogen (secondary N) is 1. The first-order chi connectivity index (χ1) is 45.0. The topological polar surface area (TPSA) is 197 Å². The molecule has 2 atom stereocenters. The fourth-order valence-electron chi connectivity index (χ4n) is 13.5. The van der Waals surface area contributed by atoms with E-state index in [1.54, 1.807) is 12.1 Å². The Morgan fingerprint density at radius 2 is 0.936 bits per heavy atom. The average Bonchev–Trinajstić information content (AvgIpc) is 0.944. The summed E-state index contributed by atoms with van der Waals surface area (Å²) < 4.78 is 98.4. The second-order valence-electron chi connectivity index (χ2n) is 24.1. The van der Waals surface area contributed by atoms with Crippen LogP contribution in [0.5, 0.6) is 11.5 Å². The molecule has 0 saturated carbocycles. The van der Waals surface area contributed by atoms with Crippen LogP contribution in [0.25, 0.3) is 90.3 Å². The minimum atomic E-state index is -3.02. The molecule has 10 aromatic rings. The van der Waals surface area contributed by atoms with Gasteiger partial charge in [-0.25, -0.2) is 19.9 Å². The van der Waals surface area contributed by atoms with Gasteiger partial charge in [-0.3, -0.25) is 24.3 Å². The van der Waals surface area contributed by atoms with Crippen molar-refractivity contribution in [3.63, 3.8) is 0 Å². The summed E-state index contributed by atoms with van der Waals surface area (Å²) in [5.74, 6) is 3.15. The van der Waals surface area contributed by atoms with E-state index in [0.29, 0.717) is 89.4 Å². The Morgan fingerprint density at radius 3 is 1.34 bits per heavy atom. The molecule has 8 heterocycles. The monoisotopic (exact) mass is 1290 g/mol. The smallest absolute Gasteiger partial charge is 0.387 e. The lowest BCUT2D eigenvalue weighted by Gasteiger charge is -2.23. The predicted octanol–water partition coefficient (Wildman–Crippen LogP) is 14.6. The Morgan fingerprint density at radius 1 is 0.543 bits per heavy atom. The van der Waals surface area contributed by atoms with Crippen molar-refractivity contribution in [2.45, 2.75) is 125 Å². The molecule has 4 aliphatic rings. The highest BCUT2D eigenvalue weighted by molar-refractivity contribution is 5.86. The Hall–Kier alpha value is -9.22. The van der Waals surface area contributed by atoms with Gasteiger partial charge in [0.25, 0.3) is 0 Å². The largest absolute Gasteiger partial charge is 0.468 e. The van der Waals surface area contributed by atoms with Gasteiger partial charge in [-0.15, -0.1) is 0 Å². The summed E-state index contributed by atoms with van der Waals surface area (Å²) in [6.07, 6.45) is 4.55. The first kappa shape index (κ1) is 64.9. The third-order valence-corrected chi connectivity index (χ3v) is 18.3. The van der Waals surface area contributed by atoms with Gasteiger partial charge in [0.05, 0.1) is 25.6 Å². The second-order valence-corrected chi connectivity index (χ2v) is 24.1. The quantitative estimate of drug-likeness (QED) is 0.0707. The Balaban J connectivity index is 0.000000179. The van der Waals surface area contributed by atoms with E-state index in [1.807, 2.05) is 72.2 Å². The van der Waals surface area contributed by atoms with Crippen LogP contribution in [0.4, 0.5) is 17.6 Å². The predicted molar refractivity (Wildman–Crippen MR) is 346 cm³/mol. The van der Waals surface area contributed by atoms with Crippen LogP contribution >= 0.6 is 0 Å². The minimum Gasteiger partial charge on any atom is -0.468 e. The fourth-order valence-corrected chi connectivity index (χ4v) is 13.5. The van der Waals surface area contributed by atoms with Crippen LogP contribution in [-0.4, -0.2) is 119 Å². The molecule has 18 nitrogen and oxygen atoms in total. The van der Waals surface area contributed by atoms with Gasteiger partial charge in [0.1, 0.15) is 46.1 Å². The van der Waals surface area contributed by atoms with E-state index in [4.69, 9.17) is 56.6 Å². The number of halogens is 4. The van der Waals surface area contributed by atoms with E-state index in [1.165, 1.54) is 26.4 Å². The van der Waals surface area contributed by atoms with E-state index in [-0.39, 0.29) is 44.0 Å². The van der Waals surface area contributed by atoms with Crippen molar-refractivity contribution in [2.75, 3.05) is 47.4 Å². The first-order valence-corrected chi connectivity index (χ1v) is 31.2. The number of oxazole rings is 4. The summed E-state index contributed by atoms with van der Waals surface area (Å²) in [5.41, 5.74) is 16.1. The highest BCUT2D eigenvalue weighted by atomic mass is 19.3. The second kappa shape index (κ2) is 27.4. The maximum atomic E-state index is 13.5. The maximum Gasteiger partial charge on any atom is 0.387 e. The van der Waals surface area contributed by atoms with E-state index < -0.39 is 25.3 Å². The van der Waals surface area contributed by atoms with Crippen molar-refractivity contribution in [1.82, 2.24) is 40.0 Å². The molecule has 0 radical (unpaired) electrons. The zero-order chi connectivity index (χ0) is 64.8. The molecular weight excluding hydrogens is 1210 g/mol. The number of alkyl halides is 4.